The highest BCUT2D eigenvalue weighted by atomic mass is 16.2. The van der Waals surface area contributed by atoms with Gasteiger partial charge in [-0.15, -0.1) is 0 Å². The van der Waals surface area contributed by atoms with Crippen LogP contribution in [0.5, 0.6) is 0 Å². The van der Waals surface area contributed by atoms with E-state index < -0.39 is 0 Å². The first-order chi connectivity index (χ1) is 15.5. The molecule has 6 heteroatoms. The van der Waals surface area contributed by atoms with E-state index in [1.54, 1.807) is 0 Å². The van der Waals surface area contributed by atoms with Crippen molar-refractivity contribution in [1.82, 2.24) is 14.8 Å². The molecular formula is C26H30N4O2. The second-order valence-electron chi connectivity index (χ2n) is 9.25. The number of carbonyl (C=O) groups excluding carboxylic acids is 2. The molecule has 2 aliphatic rings. The predicted molar refractivity (Wildman–Crippen MR) is 127 cm³/mol. The van der Waals surface area contributed by atoms with E-state index >= 15 is 0 Å². The van der Waals surface area contributed by atoms with Gasteiger partial charge in [0.25, 0.3) is 5.91 Å². The van der Waals surface area contributed by atoms with Crippen molar-refractivity contribution in [3.05, 3.63) is 65.4 Å². The molecule has 5 rings (SSSR count). The van der Waals surface area contributed by atoms with Crippen molar-refractivity contribution in [3.63, 3.8) is 0 Å². The van der Waals surface area contributed by atoms with Crippen LogP contribution in [0.3, 0.4) is 0 Å². The first-order valence-electron chi connectivity index (χ1n) is 11.5. The highest BCUT2D eigenvalue weighted by molar-refractivity contribution is 6.02. The van der Waals surface area contributed by atoms with Gasteiger partial charge >= 0.3 is 0 Å². The van der Waals surface area contributed by atoms with Crippen LogP contribution < -0.4 is 10.2 Å². The Bertz CT molecular complexity index is 1200. The van der Waals surface area contributed by atoms with Crippen molar-refractivity contribution in [2.24, 2.45) is 5.92 Å². The second-order valence-corrected chi connectivity index (χ2v) is 9.25. The number of amides is 2. The van der Waals surface area contributed by atoms with Gasteiger partial charge in [-0.25, -0.2) is 0 Å². The molecule has 1 atom stereocenters. The normalized spacial score (nSPS) is 17.4. The number of benzene rings is 2. The van der Waals surface area contributed by atoms with Gasteiger partial charge < -0.3 is 19.7 Å². The molecule has 2 amide bonds. The largest absolute Gasteiger partial charge is 0.355 e. The highest BCUT2D eigenvalue weighted by Gasteiger charge is 2.42. The number of nitrogens with zero attached hydrogens (tertiary/aromatic N) is 3. The molecule has 0 saturated carbocycles. The Morgan fingerprint density at radius 2 is 1.88 bits per heavy atom. The molecule has 2 aliphatic heterocycles. The van der Waals surface area contributed by atoms with Crippen LogP contribution in [0.1, 0.15) is 48.0 Å². The van der Waals surface area contributed by atoms with E-state index in [1.807, 2.05) is 48.3 Å². The number of para-hydroxylation sites is 2. The summed E-state index contributed by atoms with van der Waals surface area (Å²) in [5, 5.41) is 4.26. The fourth-order valence-corrected chi connectivity index (χ4v) is 5.18. The molecule has 3 heterocycles. The molecule has 0 spiro atoms. The van der Waals surface area contributed by atoms with Gasteiger partial charge in [0.1, 0.15) is 12.7 Å². The minimum absolute atomic E-state index is 0.0107. The average Bonchev–Trinajstić information content (AvgIpc) is 3.10. The molecule has 6 nitrogen and oxygen atoms in total. The number of hydrogen-bond acceptors (Lipinski definition) is 3. The Morgan fingerprint density at radius 1 is 1.12 bits per heavy atom. The van der Waals surface area contributed by atoms with E-state index in [9.17, 15) is 9.59 Å². The van der Waals surface area contributed by atoms with Crippen LogP contribution in [0.15, 0.2) is 48.5 Å². The van der Waals surface area contributed by atoms with E-state index in [2.05, 4.69) is 40.8 Å². The highest BCUT2D eigenvalue weighted by Crippen LogP contribution is 2.44. The number of nitrogens with one attached hydrogen (secondary N) is 1. The van der Waals surface area contributed by atoms with Crippen LogP contribution in [0.25, 0.3) is 10.9 Å². The Balaban J connectivity index is 1.59. The number of carbonyl (C=O) groups is 2. The maximum Gasteiger partial charge on any atom is 0.257 e. The van der Waals surface area contributed by atoms with Gasteiger partial charge in [0.15, 0.2) is 0 Å². The second kappa shape index (κ2) is 8.01. The van der Waals surface area contributed by atoms with Crippen molar-refractivity contribution >= 4 is 28.4 Å². The summed E-state index contributed by atoms with van der Waals surface area (Å²) in [4.78, 5) is 30.4. The smallest absolute Gasteiger partial charge is 0.257 e. The zero-order valence-electron chi connectivity index (χ0n) is 19.0. The van der Waals surface area contributed by atoms with E-state index in [0.717, 1.165) is 35.3 Å². The average molecular weight is 431 g/mol. The zero-order valence-corrected chi connectivity index (χ0v) is 19.0. The van der Waals surface area contributed by atoms with E-state index in [1.165, 1.54) is 10.9 Å². The standard InChI is InChI=1S/C26H30N4O2/c1-17(2)12-14-27-23(31)16-30-22-11-7-4-8-18(22)19-13-15-29-25(24(19)30)28(3)21-10-6-5-9-20(21)26(29)32/h4-11,17,25H,12-16H2,1-3H3,(H,27,31). The van der Waals surface area contributed by atoms with E-state index in [4.69, 9.17) is 0 Å². The van der Waals surface area contributed by atoms with Crippen molar-refractivity contribution in [3.8, 4) is 0 Å². The Labute approximate surface area is 188 Å². The van der Waals surface area contributed by atoms with Crippen LogP contribution in [-0.2, 0) is 17.8 Å². The lowest BCUT2D eigenvalue weighted by atomic mass is 9.96. The first-order valence-corrected chi connectivity index (χ1v) is 11.5. The van der Waals surface area contributed by atoms with E-state index in [0.29, 0.717) is 19.0 Å². The van der Waals surface area contributed by atoms with E-state index in [-0.39, 0.29) is 24.5 Å². The molecule has 0 fully saturated rings. The summed E-state index contributed by atoms with van der Waals surface area (Å²) in [6.45, 7) is 5.92. The molecule has 0 aliphatic carbocycles. The molecule has 1 unspecified atom stereocenters. The fourth-order valence-electron chi connectivity index (χ4n) is 5.18. The van der Waals surface area contributed by atoms with Crippen molar-refractivity contribution in [1.29, 1.82) is 0 Å². The summed E-state index contributed by atoms with van der Waals surface area (Å²) in [6, 6.07) is 16.1. The predicted octanol–water partition coefficient (Wildman–Crippen LogP) is 3.95. The summed E-state index contributed by atoms with van der Waals surface area (Å²) in [5.74, 6) is 0.620. The SMILES string of the molecule is CC(C)CCNC(=O)Cn1c2c(c3ccccc31)CCN1C(=O)c3ccccc3N(C)C21. The summed E-state index contributed by atoms with van der Waals surface area (Å²) in [7, 11) is 2.04. The van der Waals surface area contributed by atoms with Gasteiger partial charge in [0.2, 0.25) is 5.91 Å². The van der Waals surface area contributed by atoms with Gasteiger partial charge in [-0.3, -0.25) is 9.59 Å². The molecule has 32 heavy (non-hydrogen) atoms. The minimum atomic E-state index is -0.225. The lowest BCUT2D eigenvalue weighted by Gasteiger charge is -2.46. The number of fused-ring (bicyclic) bond motifs is 6. The molecule has 166 valence electrons. The summed E-state index contributed by atoms with van der Waals surface area (Å²) in [6.07, 6.45) is 1.52. The monoisotopic (exact) mass is 430 g/mol. The molecule has 3 aromatic rings. The molecule has 0 bridgehead atoms. The Morgan fingerprint density at radius 3 is 2.69 bits per heavy atom. The number of aromatic nitrogens is 1. The maximum atomic E-state index is 13.4. The number of hydrogen-bond donors (Lipinski definition) is 1. The lowest BCUT2D eigenvalue weighted by Crippen LogP contribution is -2.51. The van der Waals surface area contributed by atoms with Gasteiger partial charge in [-0.2, -0.15) is 0 Å². The third kappa shape index (κ3) is 3.25. The van der Waals surface area contributed by atoms with Gasteiger partial charge in [0.05, 0.1) is 16.9 Å². The summed E-state index contributed by atoms with van der Waals surface area (Å²) in [5.41, 5.74) is 5.03. The fraction of sp³-hybridized carbons (Fsp3) is 0.385. The zero-order chi connectivity index (χ0) is 22.4. The lowest BCUT2D eigenvalue weighted by molar-refractivity contribution is -0.121. The van der Waals surface area contributed by atoms with Crippen LogP contribution in [0.4, 0.5) is 5.69 Å². The molecule has 1 aromatic heterocycles. The topological polar surface area (TPSA) is 57.6 Å². The number of rotatable bonds is 5. The van der Waals surface area contributed by atoms with Crippen molar-refractivity contribution in [2.75, 3.05) is 25.0 Å². The molecule has 2 aromatic carbocycles. The van der Waals surface area contributed by atoms with Gasteiger partial charge in [-0.05, 0) is 42.5 Å². The third-order valence-electron chi connectivity index (χ3n) is 6.75. The van der Waals surface area contributed by atoms with Crippen molar-refractivity contribution in [2.45, 2.75) is 39.4 Å². The van der Waals surface area contributed by atoms with Crippen molar-refractivity contribution < 1.29 is 9.59 Å². The van der Waals surface area contributed by atoms with Crippen LogP contribution >= 0.6 is 0 Å². The quantitative estimate of drug-likeness (QED) is 0.667. The Kier molecular flexibility index (Phi) is 5.16. The van der Waals surface area contributed by atoms with Crippen LogP contribution in [-0.4, -0.2) is 41.4 Å². The summed E-state index contributed by atoms with van der Waals surface area (Å²) < 4.78 is 2.13. The van der Waals surface area contributed by atoms with Crippen LogP contribution in [0, 0.1) is 5.92 Å². The van der Waals surface area contributed by atoms with Gasteiger partial charge in [-0.1, -0.05) is 44.2 Å². The third-order valence-corrected chi connectivity index (χ3v) is 6.75. The minimum Gasteiger partial charge on any atom is -0.355 e. The van der Waals surface area contributed by atoms with Gasteiger partial charge in [0, 0.05) is 31.0 Å². The maximum absolute atomic E-state index is 13.4. The molecule has 1 N–H and O–H groups in total. The number of anilines is 1. The molecule has 0 saturated heterocycles. The Hall–Kier alpha value is -3.28. The molecular weight excluding hydrogens is 400 g/mol. The first kappa shape index (κ1) is 20.6. The van der Waals surface area contributed by atoms with Crippen LogP contribution in [0.2, 0.25) is 0 Å². The molecule has 0 radical (unpaired) electrons. The summed E-state index contributed by atoms with van der Waals surface area (Å²) >= 11 is 0.